The first-order valence-electron chi connectivity index (χ1n) is 8.62. The van der Waals surface area contributed by atoms with Gasteiger partial charge in [0.05, 0.1) is 0 Å². The second kappa shape index (κ2) is 6.04. The molecule has 3 atom stereocenters. The standard InChI is InChI=1S/C20H23N3O/c1-13-7-9-15(10-8-13)17-12-18(22-21-17)20(24)23-14(2)11-16-5-3-4-6-19(16)23/h3-10,14,17-18,21-22H,11-12H2,1-2H3. The molecule has 1 fully saturated rings. The van der Waals surface area contributed by atoms with Crippen LogP contribution in [0.3, 0.4) is 0 Å². The van der Waals surface area contributed by atoms with E-state index in [1.165, 1.54) is 16.7 Å². The Bertz CT molecular complexity index is 756. The number of hydrazine groups is 1. The molecule has 1 saturated heterocycles. The first kappa shape index (κ1) is 15.4. The average molecular weight is 321 g/mol. The first-order chi connectivity index (χ1) is 11.6. The highest BCUT2D eigenvalue weighted by molar-refractivity contribution is 5.99. The molecule has 2 aromatic carbocycles. The second-order valence-electron chi connectivity index (χ2n) is 6.93. The summed E-state index contributed by atoms with van der Waals surface area (Å²) in [5, 5.41) is 0. The van der Waals surface area contributed by atoms with Gasteiger partial charge in [-0.05, 0) is 43.9 Å². The molecule has 1 amide bonds. The molecule has 0 radical (unpaired) electrons. The lowest BCUT2D eigenvalue weighted by atomic mass is 10.0. The number of carbonyl (C=O) groups excluding carboxylic acids is 1. The fourth-order valence-corrected chi connectivity index (χ4v) is 3.80. The maximum absolute atomic E-state index is 13.1. The first-order valence-corrected chi connectivity index (χ1v) is 8.62. The van der Waals surface area contributed by atoms with Gasteiger partial charge in [0.25, 0.3) is 0 Å². The van der Waals surface area contributed by atoms with E-state index in [4.69, 9.17) is 0 Å². The lowest BCUT2D eigenvalue weighted by molar-refractivity contribution is -0.120. The van der Waals surface area contributed by atoms with Crippen molar-refractivity contribution in [1.29, 1.82) is 0 Å². The number of amides is 1. The highest BCUT2D eigenvalue weighted by atomic mass is 16.2. The van der Waals surface area contributed by atoms with Gasteiger partial charge in [0.15, 0.2) is 0 Å². The highest BCUT2D eigenvalue weighted by Crippen LogP contribution is 2.33. The van der Waals surface area contributed by atoms with Crippen molar-refractivity contribution in [3.05, 3.63) is 65.2 Å². The van der Waals surface area contributed by atoms with E-state index >= 15 is 0 Å². The summed E-state index contributed by atoms with van der Waals surface area (Å²) in [5.74, 6) is 0.162. The number of hydrogen-bond donors (Lipinski definition) is 2. The van der Waals surface area contributed by atoms with E-state index < -0.39 is 0 Å². The Morgan fingerprint density at radius 3 is 2.62 bits per heavy atom. The maximum Gasteiger partial charge on any atom is 0.245 e. The van der Waals surface area contributed by atoms with Crippen LogP contribution in [-0.4, -0.2) is 18.0 Å². The molecule has 0 bridgehead atoms. The van der Waals surface area contributed by atoms with E-state index in [-0.39, 0.29) is 24.0 Å². The lowest BCUT2D eigenvalue weighted by Gasteiger charge is -2.25. The summed E-state index contributed by atoms with van der Waals surface area (Å²) in [6.45, 7) is 4.21. The van der Waals surface area contributed by atoms with Gasteiger partial charge in [-0.3, -0.25) is 4.79 Å². The fourth-order valence-electron chi connectivity index (χ4n) is 3.80. The molecule has 2 aliphatic heterocycles. The number of carbonyl (C=O) groups is 1. The van der Waals surface area contributed by atoms with Crippen LogP contribution in [-0.2, 0) is 11.2 Å². The van der Waals surface area contributed by atoms with Gasteiger partial charge in [-0.2, -0.15) is 0 Å². The molecular weight excluding hydrogens is 298 g/mol. The van der Waals surface area contributed by atoms with Gasteiger partial charge in [0, 0.05) is 17.8 Å². The Morgan fingerprint density at radius 2 is 1.83 bits per heavy atom. The Morgan fingerprint density at radius 1 is 1.08 bits per heavy atom. The SMILES string of the molecule is Cc1ccc(C2CC(C(=O)N3c4ccccc4CC3C)NN2)cc1. The number of nitrogens with zero attached hydrogens (tertiary/aromatic N) is 1. The van der Waals surface area contributed by atoms with Gasteiger partial charge in [-0.1, -0.05) is 48.0 Å². The van der Waals surface area contributed by atoms with E-state index in [9.17, 15) is 4.79 Å². The zero-order valence-electron chi connectivity index (χ0n) is 14.1. The second-order valence-corrected chi connectivity index (χ2v) is 6.93. The van der Waals surface area contributed by atoms with Crippen molar-refractivity contribution in [2.75, 3.05) is 4.90 Å². The summed E-state index contributed by atoms with van der Waals surface area (Å²) in [6, 6.07) is 16.9. The van der Waals surface area contributed by atoms with Gasteiger partial charge in [-0.25, -0.2) is 10.9 Å². The number of aryl methyl sites for hydroxylation is 1. The smallest absolute Gasteiger partial charge is 0.245 e. The van der Waals surface area contributed by atoms with E-state index in [0.29, 0.717) is 0 Å². The molecule has 2 aliphatic rings. The number of anilines is 1. The molecule has 3 unspecified atom stereocenters. The number of nitrogens with one attached hydrogen (secondary N) is 2. The molecule has 0 saturated carbocycles. The van der Waals surface area contributed by atoms with Gasteiger partial charge in [0.1, 0.15) is 6.04 Å². The molecular formula is C20H23N3O. The van der Waals surface area contributed by atoms with Crippen LogP contribution >= 0.6 is 0 Å². The molecule has 2 N–H and O–H groups in total. The summed E-state index contributed by atoms with van der Waals surface area (Å²) in [5.41, 5.74) is 11.3. The minimum atomic E-state index is -0.190. The number of hydrogen-bond acceptors (Lipinski definition) is 3. The highest BCUT2D eigenvalue weighted by Gasteiger charge is 2.38. The molecule has 0 aromatic heterocycles. The molecule has 4 nitrogen and oxygen atoms in total. The Kier molecular flexibility index (Phi) is 3.87. The number of para-hydroxylation sites is 1. The summed E-state index contributed by atoms with van der Waals surface area (Å²) in [4.78, 5) is 15.0. The molecule has 2 aromatic rings. The zero-order chi connectivity index (χ0) is 16.7. The van der Waals surface area contributed by atoms with Crippen molar-refractivity contribution < 1.29 is 4.79 Å². The summed E-state index contributed by atoms with van der Waals surface area (Å²) in [7, 11) is 0. The van der Waals surface area contributed by atoms with Gasteiger partial charge in [0.2, 0.25) is 5.91 Å². The van der Waals surface area contributed by atoms with Crippen LogP contribution in [0, 0.1) is 6.92 Å². The third-order valence-electron chi connectivity index (χ3n) is 5.13. The van der Waals surface area contributed by atoms with Crippen LogP contribution in [0.25, 0.3) is 0 Å². The zero-order valence-corrected chi connectivity index (χ0v) is 14.1. The van der Waals surface area contributed by atoms with Crippen molar-refractivity contribution in [2.45, 2.75) is 44.8 Å². The van der Waals surface area contributed by atoms with E-state index in [0.717, 1.165) is 18.5 Å². The molecule has 24 heavy (non-hydrogen) atoms. The predicted molar refractivity (Wildman–Crippen MR) is 95.7 cm³/mol. The minimum Gasteiger partial charge on any atom is -0.308 e. The predicted octanol–water partition coefficient (Wildman–Crippen LogP) is 2.88. The monoisotopic (exact) mass is 321 g/mol. The molecule has 4 rings (SSSR count). The van der Waals surface area contributed by atoms with Crippen LogP contribution in [0.2, 0.25) is 0 Å². The Hall–Kier alpha value is -2.17. The van der Waals surface area contributed by atoms with Gasteiger partial charge >= 0.3 is 0 Å². The molecule has 0 aliphatic carbocycles. The number of benzene rings is 2. The number of fused-ring (bicyclic) bond motifs is 1. The molecule has 2 heterocycles. The third-order valence-corrected chi connectivity index (χ3v) is 5.13. The normalized spacial score (nSPS) is 25.8. The number of rotatable bonds is 2. The van der Waals surface area contributed by atoms with Crippen molar-refractivity contribution in [2.24, 2.45) is 0 Å². The van der Waals surface area contributed by atoms with Crippen LogP contribution in [0.1, 0.15) is 36.1 Å². The maximum atomic E-state index is 13.1. The topological polar surface area (TPSA) is 44.4 Å². The van der Waals surface area contributed by atoms with Crippen LogP contribution < -0.4 is 15.8 Å². The molecule has 0 spiro atoms. The van der Waals surface area contributed by atoms with E-state index in [1.54, 1.807) is 0 Å². The average Bonchev–Trinajstić information content (AvgIpc) is 3.19. The largest absolute Gasteiger partial charge is 0.308 e. The van der Waals surface area contributed by atoms with Crippen LogP contribution in [0.5, 0.6) is 0 Å². The van der Waals surface area contributed by atoms with Crippen molar-refractivity contribution in [1.82, 2.24) is 10.9 Å². The molecule has 124 valence electrons. The van der Waals surface area contributed by atoms with E-state index in [1.807, 2.05) is 17.0 Å². The Labute approximate surface area is 142 Å². The molecule has 4 heteroatoms. The van der Waals surface area contributed by atoms with Crippen molar-refractivity contribution in [3.63, 3.8) is 0 Å². The van der Waals surface area contributed by atoms with Crippen LogP contribution in [0.15, 0.2) is 48.5 Å². The third kappa shape index (κ3) is 2.62. The summed E-state index contributed by atoms with van der Waals surface area (Å²) in [6.07, 6.45) is 1.71. The van der Waals surface area contributed by atoms with Crippen molar-refractivity contribution in [3.8, 4) is 0 Å². The Balaban J connectivity index is 1.51. The fraction of sp³-hybridized carbons (Fsp3) is 0.350. The van der Waals surface area contributed by atoms with Gasteiger partial charge < -0.3 is 4.90 Å². The summed E-state index contributed by atoms with van der Waals surface area (Å²) < 4.78 is 0. The summed E-state index contributed by atoms with van der Waals surface area (Å²) >= 11 is 0. The lowest BCUT2D eigenvalue weighted by Crippen LogP contribution is -2.47. The quantitative estimate of drug-likeness (QED) is 0.894. The minimum absolute atomic E-state index is 0.162. The van der Waals surface area contributed by atoms with E-state index in [2.05, 4.69) is 61.1 Å². The van der Waals surface area contributed by atoms with Crippen molar-refractivity contribution >= 4 is 11.6 Å². The van der Waals surface area contributed by atoms with Gasteiger partial charge in [-0.15, -0.1) is 0 Å². The van der Waals surface area contributed by atoms with Crippen LogP contribution in [0.4, 0.5) is 5.69 Å².